The maximum absolute atomic E-state index is 9.35. The van der Waals surface area contributed by atoms with Gasteiger partial charge in [0.25, 0.3) is 0 Å². The molecule has 0 spiro atoms. The number of ether oxygens (including phenoxy) is 4. The van der Waals surface area contributed by atoms with Crippen LogP contribution < -0.4 is 5.73 Å². The predicted molar refractivity (Wildman–Crippen MR) is 77.7 cm³/mol. The molecule has 0 saturated carbocycles. The molecule has 2 fully saturated rings. The van der Waals surface area contributed by atoms with Gasteiger partial charge in [0.1, 0.15) is 0 Å². The highest BCUT2D eigenvalue weighted by molar-refractivity contribution is 5.75. The van der Waals surface area contributed by atoms with E-state index in [0.717, 1.165) is 13.0 Å². The van der Waals surface area contributed by atoms with Crippen molar-refractivity contribution in [2.75, 3.05) is 20.8 Å². The first-order valence-corrected chi connectivity index (χ1v) is 6.84. The van der Waals surface area contributed by atoms with Gasteiger partial charge in [-0.05, 0) is 26.2 Å². The first-order valence-electron chi connectivity index (χ1n) is 6.84. The summed E-state index contributed by atoms with van der Waals surface area (Å²) in [7, 11) is 3.26. The molecule has 2 aliphatic rings. The number of hydrogen-bond acceptors (Lipinski definition) is 6. The number of hydrogen-bond donors (Lipinski definition) is 2. The minimum Gasteiger partial charge on any atom is -0.389 e. The highest BCUT2D eigenvalue weighted by Crippen LogP contribution is 2.18. The smallest absolute Gasteiger partial charge is 0.159 e. The monoisotopic (exact) mass is 289 g/mol. The summed E-state index contributed by atoms with van der Waals surface area (Å²) >= 11 is 0. The number of nitrogens with two attached hydrogens (primary N) is 1. The molecule has 5 atom stereocenters. The first-order chi connectivity index (χ1) is 9.08. The molecule has 6 nitrogen and oxygen atoms in total. The van der Waals surface area contributed by atoms with Gasteiger partial charge in [0.05, 0.1) is 12.2 Å². The van der Waals surface area contributed by atoms with Crippen LogP contribution in [0.4, 0.5) is 0 Å². The predicted octanol–water partition coefficient (Wildman–Crippen LogP) is -0.0332. The zero-order valence-electron chi connectivity index (χ0n) is 12.8. The summed E-state index contributed by atoms with van der Waals surface area (Å²) in [6, 6.07) is -0.233. The van der Waals surface area contributed by atoms with Crippen molar-refractivity contribution < 1.29 is 24.1 Å². The Bertz CT molecular complexity index is 229. The van der Waals surface area contributed by atoms with Gasteiger partial charge in [-0.3, -0.25) is 0 Å². The lowest BCUT2D eigenvalue weighted by atomic mass is 10.0. The molecule has 2 aliphatic heterocycles. The minimum absolute atomic E-state index is 0. The molecule has 0 amide bonds. The molecule has 118 valence electrons. The molecule has 3 N–H and O–H groups in total. The van der Waals surface area contributed by atoms with Gasteiger partial charge in [0, 0.05) is 41.7 Å². The largest absolute Gasteiger partial charge is 0.389 e. The van der Waals surface area contributed by atoms with Gasteiger partial charge in [-0.1, -0.05) is 0 Å². The maximum Gasteiger partial charge on any atom is 0.159 e. The van der Waals surface area contributed by atoms with E-state index in [1.165, 1.54) is 12.8 Å². The summed E-state index contributed by atoms with van der Waals surface area (Å²) in [5.41, 5.74) is 5.62. The van der Waals surface area contributed by atoms with Crippen molar-refractivity contribution in [3.05, 3.63) is 0 Å². The Hall–Kier alpha value is -0.175. The van der Waals surface area contributed by atoms with Crippen molar-refractivity contribution in [1.29, 1.82) is 0 Å². The summed E-state index contributed by atoms with van der Waals surface area (Å²) in [6.45, 7) is 2.66. The summed E-state index contributed by atoms with van der Waals surface area (Å²) in [5.74, 6) is 0. The molecule has 0 aromatic carbocycles. The Morgan fingerprint density at radius 1 is 1.15 bits per heavy atom. The van der Waals surface area contributed by atoms with E-state index < -0.39 is 6.10 Å². The van der Waals surface area contributed by atoms with E-state index in [1.54, 1.807) is 21.1 Å². The summed E-state index contributed by atoms with van der Waals surface area (Å²) < 4.78 is 20.4. The molecule has 1 unspecified atom stereocenters. The number of aliphatic hydroxyl groups is 1. The topological polar surface area (TPSA) is 83.2 Å². The van der Waals surface area contributed by atoms with E-state index in [4.69, 9.17) is 24.7 Å². The van der Waals surface area contributed by atoms with Gasteiger partial charge >= 0.3 is 0 Å². The molecule has 2 heterocycles. The third-order valence-corrected chi connectivity index (χ3v) is 3.41. The van der Waals surface area contributed by atoms with Gasteiger partial charge in [-0.15, -0.1) is 0 Å². The Morgan fingerprint density at radius 2 is 1.80 bits per heavy atom. The molecular formula is C13H28BNO5. The number of methoxy groups -OCH3 is 2. The van der Waals surface area contributed by atoms with Crippen molar-refractivity contribution >= 4 is 8.41 Å². The highest BCUT2D eigenvalue weighted by Gasteiger charge is 2.32. The molecule has 20 heavy (non-hydrogen) atoms. The number of rotatable bonds is 2. The van der Waals surface area contributed by atoms with Crippen LogP contribution in [0.5, 0.6) is 0 Å². The van der Waals surface area contributed by atoms with Gasteiger partial charge in [-0.25, -0.2) is 0 Å². The van der Waals surface area contributed by atoms with Gasteiger partial charge in [-0.2, -0.15) is 0 Å². The van der Waals surface area contributed by atoms with Gasteiger partial charge in [0.15, 0.2) is 12.6 Å². The molecule has 0 aromatic rings. The van der Waals surface area contributed by atoms with Crippen molar-refractivity contribution in [2.45, 2.75) is 63.4 Å². The van der Waals surface area contributed by atoms with Crippen LogP contribution in [-0.2, 0) is 18.9 Å². The fourth-order valence-corrected chi connectivity index (χ4v) is 2.13. The molecule has 2 rings (SSSR count). The van der Waals surface area contributed by atoms with Crippen molar-refractivity contribution in [1.82, 2.24) is 0 Å². The second-order valence-electron chi connectivity index (χ2n) is 4.93. The van der Waals surface area contributed by atoms with Crippen LogP contribution in [0.25, 0.3) is 0 Å². The van der Waals surface area contributed by atoms with Gasteiger partial charge < -0.3 is 29.8 Å². The van der Waals surface area contributed by atoms with Crippen LogP contribution in [0.15, 0.2) is 0 Å². The van der Waals surface area contributed by atoms with Crippen LogP contribution in [0.3, 0.4) is 0 Å². The van der Waals surface area contributed by atoms with E-state index in [9.17, 15) is 5.11 Å². The second kappa shape index (κ2) is 10.5. The summed E-state index contributed by atoms with van der Waals surface area (Å²) in [4.78, 5) is 0. The molecule has 0 bridgehead atoms. The molecule has 2 radical (unpaired) electrons. The lowest BCUT2D eigenvalue weighted by Crippen LogP contribution is -2.51. The second-order valence-corrected chi connectivity index (χ2v) is 4.93. The van der Waals surface area contributed by atoms with Crippen molar-refractivity contribution in [3.63, 3.8) is 0 Å². The average Bonchev–Trinajstić information content (AvgIpc) is 2.45. The summed E-state index contributed by atoms with van der Waals surface area (Å²) in [6.07, 6.45) is 3.09. The lowest BCUT2D eigenvalue weighted by Gasteiger charge is -2.35. The van der Waals surface area contributed by atoms with E-state index in [1.807, 2.05) is 0 Å². The zero-order valence-corrected chi connectivity index (χ0v) is 12.8. The highest BCUT2D eigenvalue weighted by atomic mass is 16.7. The first kappa shape index (κ1) is 19.8. The van der Waals surface area contributed by atoms with E-state index >= 15 is 0 Å². The normalized spacial score (nSPS) is 37.4. The Labute approximate surface area is 123 Å². The molecule has 0 aromatic heterocycles. The van der Waals surface area contributed by atoms with Crippen LogP contribution in [0, 0.1) is 0 Å². The third-order valence-electron chi connectivity index (χ3n) is 3.41. The van der Waals surface area contributed by atoms with Gasteiger partial charge in [0.2, 0.25) is 0 Å². The van der Waals surface area contributed by atoms with Crippen LogP contribution in [-0.4, -0.2) is 65.2 Å². The molecule has 2 saturated heterocycles. The zero-order chi connectivity index (χ0) is 14.3. The molecule has 0 aliphatic carbocycles. The maximum atomic E-state index is 9.35. The van der Waals surface area contributed by atoms with Crippen molar-refractivity contribution in [3.8, 4) is 0 Å². The van der Waals surface area contributed by atoms with E-state index in [-0.39, 0.29) is 33.1 Å². The fourth-order valence-electron chi connectivity index (χ4n) is 2.13. The minimum atomic E-state index is -0.568. The standard InChI is InChI=1S/C7H15NO3.C6H12O2.BH/c1-4-7(9)5(8)3-6(10-2)11-4;1-7-6-4-2-3-5-8-6;/h4-7,9H,3,8H2,1-2H3;6H,2-5H2,1H3;1H/t4?,5-,6-,7-;6-;/m11./s1. The summed E-state index contributed by atoms with van der Waals surface area (Å²) in [5, 5.41) is 9.35. The number of aliphatic hydroxyl groups excluding tert-OH is 1. The van der Waals surface area contributed by atoms with E-state index in [0.29, 0.717) is 6.42 Å². The fraction of sp³-hybridized carbons (Fsp3) is 1.00. The molecular weight excluding hydrogens is 261 g/mol. The Kier molecular flexibility index (Phi) is 10.4. The lowest BCUT2D eigenvalue weighted by molar-refractivity contribution is -0.211. The Morgan fingerprint density at radius 3 is 2.20 bits per heavy atom. The quantitative estimate of drug-likeness (QED) is 0.694. The van der Waals surface area contributed by atoms with Crippen LogP contribution in [0.1, 0.15) is 32.6 Å². The SMILES string of the molecule is CO[C@H]1CCCCO1.CO[C@H]1C[C@@H](N)[C@H](O)C(C)O1.[BH]. The van der Waals surface area contributed by atoms with Crippen LogP contribution >= 0.6 is 0 Å². The molecule has 7 heteroatoms. The third kappa shape index (κ3) is 6.52. The van der Waals surface area contributed by atoms with E-state index in [2.05, 4.69) is 0 Å². The average molecular weight is 289 g/mol. The van der Waals surface area contributed by atoms with Crippen LogP contribution in [0.2, 0.25) is 0 Å². The Balaban J connectivity index is 0.000000359. The van der Waals surface area contributed by atoms with Crippen molar-refractivity contribution in [2.24, 2.45) is 5.73 Å².